The van der Waals surface area contributed by atoms with Crippen LogP contribution < -0.4 is 27.4 Å². The minimum atomic E-state index is -0.340. The third-order valence-electron chi connectivity index (χ3n) is 2.74. The highest BCUT2D eigenvalue weighted by Crippen LogP contribution is 2.09. The highest BCUT2D eigenvalue weighted by molar-refractivity contribution is 5.74. The minimum absolute atomic E-state index is 0.302. The van der Waals surface area contributed by atoms with E-state index in [0.29, 0.717) is 63.2 Å². The van der Waals surface area contributed by atoms with Gasteiger partial charge in [-0.05, 0) is 19.8 Å². The number of nitrogens with one attached hydrogen (secondary N) is 3. The van der Waals surface area contributed by atoms with Gasteiger partial charge in [-0.25, -0.2) is 0 Å². The molecule has 0 aliphatic carbocycles. The maximum Gasteiger partial charge on any atom is 0.229 e. The van der Waals surface area contributed by atoms with Crippen molar-refractivity contribution in [1.29, 1.82) is 0 Å². The molecule has 1 aromatic heterocycles. The van der Waals surface area contributed by atoms with Crippen molar-refractivity contribution >= 4 is 29.7 Å². The number of primary amides is 2. The van der Waals surface area contributed by atoms with E-state index in [0.717, 1.165) is 0 Å². The third kappa shape index (κ3) is 12.7. The Morgan fingerprint density at radius 2 is 1.12 bits per heavy atom. The normalized spacial score (nSPS) is 9.65. The monoisotopic (exact) mass is 368 g/mol. The summed E-state index contributed by atoms with van der Waals surface area (Å²) in [6.45, 7) is 7.91. The lowest BCUT2D eigenvalue weighted by atomic mass is 10.3. The minimum Gasteiger partial charge on any atom is -0.370 e. The third-order valence-corrected chi connectivity index (χ3v) is 2.74. The van der Waals surface area contributed by atoms with Crippen LogP contribution in [0.25, 0.3) is 0 Å². The van der Waals surface area contributed by atoms with E-state index < -0.39 is 0 Å². The van der Waals surface area contributed by atoms with Crippen molar-refractivity contribution in [2.75, 3.05) is 35.6 Å². The fraction of sp³-hybridized carbons (Fsp3) is 0.688. The molecule has 0 aromatic carbocycles. The Morgan fingerprint density at radius 3 is 1.42 bits per heavy atom. The van der Waals surface area contributed by atoms with Crippen molar-refractivity contribution in [2.45, 2.75) is 52.9 Å². The molecule has 26 heavy (non-hydrogen) atoms. The van der Waals surface area contributed by atoms with Crippen molar-refractivity contribution in [3.8, 4) is 0 Å². The first-order valence-electron chi connectivity index (χ1n) is 8.97. The van der Waals surface area contributed by atoms with Crippen molar-refractivity contribution in [3.05, 3.63) is 0 Å². The van der Waals surface area contributed by atoms with Gasteiger partial charge < -0.3 is 27.4 Å². The van der Waals surface area contributed by atoms with Gasteiger partial charge >= 0.3 is 0 Å². The van der Waals surface area contributed by atoms with Gasteiger partial charge in [-0.2, -0.15) is 15.0 Å². The number of carbonyl (C=O) groups is 2. The van der Waals surface area contributed by atoms with E-state index in [1.54, 1.807) is 0 Å². The summed E-state index contributed by atoms with van der Waals surface area (Å²) in [6.07, 6.45) is 3.05. The second-order valence-electron chi connectivity index (χ2n) is 5.54. The number of rotatable bonds is 12. The van der Waals surface area contributed by atoms with Crippen LogP contribution in [-0.4, -0.2) is 46.4 Å². The molecule has 0 aliphatic rings. The molecule has 148 valence electrons. The molecule has 0 bridgehead atoms. The number of aromatic nitrogens is 3. The Kier molecular flexibility index (Phi) is 13.2. The summed E-state index contributed by atoms with van der Waals surface area (Å²) < 4.78 is 0. The lowest BCUT2D eigenvalue weighted by Gasteiger charge is -2.10. The van der Waals surface area contributed by atoms with E-state index in [4.69, 9.17) is 11.5 Å². The van der Waals surface area contributed by atoms with Gasteiger partial charge in [0.1, 0.15) is 0 Å². The van der Waals surface area contributed by atoms with Crippen LogP contribution in [0.3, 0.4) is 0 Å². The van der Waals surface area contributed by atoms with Crippen LogP contribution in [0.1, 0.15) is 52.9 Å². The molecule has 0 aliphatic heterocycles. The number of anilines is 3. The van der Waals surface area contributed by atoms with Crippen LogP contribution in [0.5, 0.6) is 0 Å². The van der Waals surface area contributed by atoms with E-state index in [1.165, 1.54) is 6.42 Å². The first-order valence-corrected chi connectivity index (χ1v) is 8.97. The van der Waals surface area contributed by atoms with Crippen molar-refractivity contribution in [3.63, 3.8) is 0 Å². The molecular weight excluding hydrogens is 336 g/mol. The number of amides is 2. The van der Waals surface area contributed by atoms with Crippen LogP contribution in [0.2, 0.25) is 0 Å². The van der Waals surface area contributed by atoms with Gasteiger partial charge in [0.2, 0.25) is 29.7 Å². The van der Waals surface area contributed by atoms with Crippen LogP contribution >= 0.6 is 0 Å². The largest absolute Gasteiger partial charge is 0.370 e. The second-order valence-corrected chi connectivity index (χ2v) is 5.54. The lowest BCUT2D eigenvalue weighted by molar-refractivity contribution is -0.118. The molecule has 1 aromatic rings. The molecule has 0 radical (unpaired) electrons. The highest BCUT2D eigenvalue weighted by Gasteiger charge is 2.06. The maximum atomic E-state index is 10.7. The molecule has 0 saturated carbocycles. The van der Waals surface area contributed by atoms with E-state index in [1.807, 2.05) is 6.92 Å². The number of nitrogens with zero attached hydrogens (tertiary/aromatic N) is 3. The average Bonchev–Trinajstić information content (AvgIpc) is 2.56. The molecule has 0 fully saturated rings. The summed E-state index contributed by atoms with van der Waals surface area (Å²) in [7, 11) is 0. The van der Waals surface area contributed by atoms with Crippen LogP contribution in [0, 0.1) is 0 Å². The maximum absolute atomic E-state index is 10.7. The van der Waals surface area contributed by atoms with E-state index in [2.05, 4.69) is 44.7 Å². The first kappa shape index (κ1) is 23.4. The molecule has 0 saturated heterocycles. The Morgan fingerprint density at radius 1 is 0.769 bits per heavy atom. The van der Waals surface area contributed by atoms with E-state index in [9.17, 15) is 9.59 Å². The van der Waals surface area contributed by atoms with Gasteiger partial charge in [-0.3, -0.25) is 9.59 Å². The van der Waals surface area contributed by atoms with Gasteiger partial charge in [-0.15, -0.1) is 0 Å². The average molecular weight is 368 g/mol. The molecule has 2 amide bonds. The zero-order chi connectivity index (χ0) is 19.8. The van der Waals surface area contributed by atoms with Gasteiger partial charge in [0.15, 0.2) is 0 Å². The number of carbonyl (C=O) groups excluding carboxylic acids is 2. The summed E-state index contributed by atoms with van der Waals surface area (Å²) in [5.41, 5.74) is 10.2. The smallest absolute Gasteiger partial charge is 0.229 e. The highest BCUT2D eigenvalue weighted by atomic mass is 16.1. The van der Waals surface area contributed by atoms with Gasteiger partial charge in [0.25, 0.3) is 0 Å². The van der Waals surface area contributed by atoms with Crippen molar-refractivity contribution < 1.29 is 9.59 Å². The first-order chi connectivity index (χ1) is 12.4. The zero-order valence-corrected chi connectivity index (χ0v) is 16.0. The molecule has 7 N–H and O–H groups in total. The molecule has 0 unspecified atom stereocenters. The topological polar surface area (TPSA) is 161 Å². The van der Waals surface area contributed by atoms with Crippen molar-refractivity contribution in [2.24, 2.45) is 11.5 Å². The molecule has 10 heteroatoms. The van der Waals surface area contributed by atoms with E-state index in [-0.39, 0.29) is 11.8 Å². The Bertz CT molecular complexity index is 499. The quantitative estimate of drug-likeness (QED) is 0.342. The van der Waals surface area contributed by atoms with Gasteiger partial charge in [0.05, 0.1) is 0 Å². The fourth-order valence-electron chi connectivity index (χ4n) is 1.70. The molecular formula is C16H32N8O2. The molecule has 0 atom stereocenters. The fourth-order valence-corrected chi connectivity index (χ4v) is 1.70. The summed E-state index contributed by atoms with van der Waals surface area (Å²) >= 11 is 0. The predicted molar refractivity (Wildman–Crippen MR) is 104 cm³/mol. The van der Waals surface area contributed by atoms with E-state index >= 15 is 0 Å². The Hall–Kier alpha value is -2.65. The SMILES string of the molecule is CCC.CCNc1nc(NCCCC(N)=O)nc(NCCCC(N)=O)n1. The Balaban J connectivity index is 0.00000194. The summed E-state index contributed by atoms with van der Waals surface area (Å²) in [6, 6.07) is 0. The summed E-state index contributed by atoms with van der Waals surface area (Å²) in [5, 5.41) is 9.06. The number of hydrogen-bond acceptors (Lipinski definition) is 8. The van der Waals surface area contributed by atoms with Gasteiger partial charge in [0, 0.05) is 32.5 Å². The molecule has 0 spiro atoms. The van der Waals surface area contributed by atoms with Gasteiger partial charge in [-0.1, -0.05) is 20.3 Å². The molecule has 1 heterocycles. The molecule has 1 rings (SSSR count). The summed E-state index contributed by atoms with van der Waals surface area (Å²) in [5.74, 6) is 0.563. The lowest BCUT2D eigenvalue weighted by Crippen LogP contribution is -2.16. The number of hydrogen-bond donors (Lipinski definition) is 5. The van der Waals surface area contributed by atoms with Crippen LogP contribution in [0.4, 0.5) is 17.8 Å². The second kappa shape index (κ2) is 14.7. The van der Waals surface area contributed by atoms with Crippen LogP contribution in [0.15, 0.2) is 0 Å². The predicted octanol–water partition coefficient (Wildman–Crippen LogP) is 1.07. The molecule has 10 nitrogen and oxygen atoms in total. The zero-order valence-electron chi connectivity index (χ0n) is 16.0. The van der Waals surface area contributed by atoms with Crippen LogP contribution in [-0.2, 0) is 9.59 Å². The number of nitrogens with two attached hydrogens (primary N) is 2. The van der Waals surface area contributed by atoms with Crippen molar-refractivity contribution in [1.82, 2.24) is 15.0 Å². The Labute approximate surface area is 154 Å². The standard InChI is InChI=1S/C13H24N8O2.C3H8/c1-2-16-11-19-12(17-7-3-5-9(14)22)21-13(20-11)18-8-4-6-10(15)23;1-3-2/h2-8H2,1H3,(H2,14,22)(H2,15,23)(H3,16,17,18,19,20,21);3H2,1-2H3. The summed E-state index contributed by atoms with van der Waals surface area (Å²) in [4.78, 5) is 34.1.